The molecule has 86 valence electrons. The summed E-state index contributed by atoms with van der Waals surface area (Å²) >= 11 is 5.93. The van der Waals surface area contributed by atoms with Gasteiger partial charge in [0.1, 0.15) is 0 Å². The van der Waals surface area contributed by atoms with Crippen LogP contribution in [-0.2, 0) is 0 Å². The highest BCUT2D eigenvalue weighted by atomic mass is 35.5. The van der Waals surface area contributed by atoms with Gasteiger partial charge in [-0.1, -0.05) is 23.7 Å². The first-order valence-electron chi connectivity index (χ1n) is 6.32. The fourth-order valence-corrected chi connectivity index (χ4v) is 2.40. The Morgan fingerprint density at radius 2 is 1.81 bits per heavy atom. The molecule has 1 atom stereocenters. The molecule has 0 aliphatic heterocycles. The van der Waals surface area contributed by atoms with E-state index < -0.39 is 0 Å². The van der Waals surface area contributed by atoms with Crippen LogP contribution in [0.5, 0.6) is 0 Å². The fourth-order valence-electron chi connectivity index (χ4n) is 2.27. The molecular formula is C14H18ClN. The van der Waals surface area contributed by atoms with Crippen molar-refractivity contribution in [2.45, 2.75) is 31.7 Å². The lowest BCUT2D eigenvalue weighted by Gasteiger charge is -2.18. The van der Waals surface area contributed by atoms with Crippen molar-refractivity contribution in [3.63, 3.8) is 0 Å². The summed E-state index contributed by atoms with van der Waals surface area (Å²) in [5.41, 5.74) is 1.41. The number of halogens is 1. The average molecular weight is 236 g/mol. The van der Waals surface area contributed by atoms with Crippen molar-refractivity contribution in [3.05, 3.63) is 34.9 Å². The Morgan fingerprint density at radius 1 is 1.12 bits per heavy atom. The molecule has 0 heterocycles. The van der Waals surface area contributed by atoms with Crippen LogP contribution in [0.2, 0.25) is 5.02 Å². The summed E-state index contributed by atoms with van der Waals surface area (Å²) in [7, 11) is 0. The Labute approximate surface area is 102 Å². The molecule has 0 aromatic heterocycles. The van der Waals surface area contributed by atoms with E-state index in [1.807, 2.05) is 12.1 Å². The summed E-state index contributed by atoms with van der Waals surface area (Å²) in [4.78, 5) is 0. The third kappa shape index (κ3) is 2.58. The molecule has 2 aliphatic rings. The van der Waals surface area contributed by atoms with Crippen molar-refractivity contribution in [2.75, 3.05) is 6.54 Å². The highest BCUT2D eigenvalue weighted by molar-refractivity contribution is 6.30. The Kier molecular flexibility index (Phi) is 2.91. The molecule has 0 spiro atoms. The molecule has 0 saturated heterocycles. The van der Waals surface area contributed by atoms with Crippen LogP contribution in [-0.4, -0.2) is 6.54 Å². The van der Waals surface area contributed by atoms with Crippen molar-refractivity contribution < 1.29 is 0 Å². The van der Waals surface area contributed by atoms with Crippen molar-refractivity contribution >= 4 is 11.6 Å². The van der Waals surface area contributed by atoms with Gasteiger partial charge >= 0.3 is 0 Å². The molecule has 0 bridgehead atoms. The summed E-state index contributed by atoms with van der Waals surface area (Å²) in [5, 5.41) is 4.57. The predicted molar refractivity (Wildman–Crippen MR) is 67.6 cm³/mol. The molecule has 1 aromatic rings. The number of rotatable bonds is 5. The number of benzene rings is 1. The van der Waals surface area contributed by atoms with E-state index in [1.54, 1.807) is 0 Å². The standard InChI is InChI=1S/C14H18ClN/c15-13-7-5-12(6-8-13)14(11-3-4-11)16-9-10-1-2-10/h5-8,10-11,14,16H,1-4,9H2. The van der Waals surface area contributed by atoms with E-state index >= 15 is 0 Å². The third-order valence-corrected chi connectivity index (χ3v) is 3.90. The summed E-state index contributed by atoms with van der Waals surface area (Å²) in [6.07, 6.45) is 5.60. The zero-order chi connectivity index (χ0) is 11.0. The highest BCUT2D eigenvalue weighted by Gasteiger charge is 2.33. The third-order valence-electron chi connectivity index (χ3n) is 3.65. The minimum Gasteiger partial charge on any atom is -0.309 e. The molecule has 3 rings (SSSR count). The number of hydrogen-bond donors (Lipinski definition) is 1. The molecule has 1 N–H and O–H groups in total. The first-order valence-corrected chi connectivity index (χ1v) is 6.69. The second-order valence-corrected chi connectivity index (χ2v) is 5.65. The maximum Gasteiger partial charge on any atom is 0.0406 e. The first-order chi connectivity index (χ1) is 7.83. The van der Waals surface area contributed by atoms with Gasteiger partial charge in [-0.25, -0.2) is 0 Å². The van der Waals surface area contributed by atoms with E-state index in [9.17, 15) is 0 Å². The lowest BCUT2D eigenvalue weighted by atomic mass is 10.0. The van der Waals surface area contributed by atoms with E-state index in [-0.39, 0.29) is 0 Å². The first kappa shape index (κ1) is 10.6. The van der Waals surface area contributed by atoms with Gasteiger partial charge in [-0.15, -0.1) is 0 Å². The molecule has 2 aliphatic carbocycles. The molecule has 2 saturated carbocycles. The maximum atomic E-state index is 5.93. The van der Waals surface area contributed by atoms with Crippen LogP contribution in [0.1, 0.15) is 37.3 Å². The molecular weight excluding hydrogens is 218 g/mol. The second kappa shape index (κ2) is 4.38. The van der Waals surface area contributed by atoms with Gasteiger partial charge in [-0.05, 0) is 61.8 Å². The van der Waals surface area contributed by atoms with Crippen molar-refractivity contribution in [3.8, 4) is 0 Å². The van der Waals surface area contributed by atoms with Crippen LogP contribution >= 0.6 is 11.6 Å². The van der Waals surface area contributed by atoms with Gasteiger partial charge in [-0.3, -0.25) is 0 Å². The molecule has 2 fully saturated rings. The van der Waals surface area contributed by atoms with Gasteiger partial charge in [0.25, 0.3) is 0 Å². The largest absolute Gasteiger partial charge is 0.309 e. The Hall–Kier alpha value is -0.530. The fraction of sp³-hybridized carbons (Fsp3) is 0.571. The lowest BCUT2D eigenvalue weighted by molar-refractivity contribution is 0.468. The van der Waals surface area contributed by atoms with Crippen molar-refractivity contribution in [1.82, 2.24) is 5.32 Å². The summed E-state index contributed by atoms with van der Waals surface area (Å²) in [5.74, 6) is 1.81. The van der Waals surface area contributed by atoms with E-state index in [1.165, 1.54) is 37.8 Å². The summed E-state index contributed by atoms with van der Waals surface area (Å²) in [6, 6.07) is 8.92. The SMILES string of the molecule is Clc1ccc(C(NCC2CC2)C2CC2)cc1. The van der Waals surface area contributed by atoms with Crippen LogP contribution < -0.4 is 5.32 Å². The van der Waals surface area contributed by atoms with E-state index in [0.29, 0.717) is 6.04 Å². The van der Waals surface area contributed by atoms with Crippen molar-refractivity contribution in [1.29, 1.82) is 0 Å². The quantitative estimate of drug-likeness (QED) is 0.819. The van der Waals surface area contributed by atoms with Gasteiger partial charge in [0.15, 0.2) is 0 Å². The van der Waals surface area contributed by atoms with Crippen LogP contribution in [0, 0.1) is 11.8 Å². The predicted octanol–water partition coefficient (Wildman–Crippen LogP) is 3.79. The number of hydrogen-bond acceptors (Lipinski definition) is 1. The van der Waals surface area contributed by atoms with Gasteiger partial charge < -0.3 is 5.32 Å². The van der Waals surface area contributed by atoms with Crippen LogP contribution in [0.25, 0.3) is 0 Å². The molecule has 1 unspecified atom stereocenters. The van der Waals surface area contributed by atoms with Crippen molar-refractivity contribution in [2.24, 2.45) is 11.8 Å². The van der Waals surface area contributed by atoms with Crippen LogP contribution in [0.15, 0.2) is 24.3 Å². The Balaban J connectivity index is 1.68. The van der Waals surface area contributed by atoms with Gasteiger partial charge in [0, 0.05) is 11.1 Å². The molecule has 16 heavy (non-hydrogen) atoms. The molecule has 1 aromatic carbocycles. The molecule has 2 heteroatoms. The van der Waals surface area contributed by atoms with E-state index in [4.69, 9.17) is 11.6 Å². The molecule has 0 radical (unpaired) electrons. The monoisotopic (exact) mass is 235 g/mol. The molecule has 1 nitrogen and oxygen atoms in total. The van der Waals surface area contributed by atoms with E-state index in [2.05, 4.69) is 17.4 Å². The average Bonchev–Trinajstić information content (AvgIpc) is 3.15. The Bertz CT molecular complexity index is 352. The second-order valence-electron chi connectivity index (χ2n) is 5.22. The zero-order valence-electron chi connectivity index (χ0n) is 9.45. The summed E-state index contributed by atoms with van der Waals surface area (Å²) in [6.45, 7) is 1.20. The van der Waals surface area contributed by atoms with Gasteiger partial charge in [-0.2, -0.15) is 0 Å². The smallest absolute Gasteiger partial charge is 0.0406 e. The van der Waals surface area contributed by atoms with Gasteiger partial charge in [0.05, 0.1) is 0 Å². The molecule has 0 amide bonds. The highest BCUT2D eigenvalue weighted by Crippen LogP contribution is 2.41. The maximum absolute atomic E-state index is 5.93. The van der Waals surface area contributed by atoms with Crippen LogP contribution in [0.4, 0.5) is 0 Å². The normalized spacial score (nSPS) is 22.1. The topological polar surface area (TPSA) is 12.0 Å². The Morgan fingerprint density at radius 3 is 2.38 bits per heavy atom. The minimum atomic E-state index is 0.567. The van der Waals surface area contributed by atoms with E-state index in [0.717, 1.165) is 16.9 Å². The van der Waals surface area contributed by atoms with Crippen LogP contribution in [0.3, 0.4) is 0 Å². The lowest BCUT2D eigenvalue weighted by Crippen LogP contribution is -2.25. The summed E-state index contributed by atoms with van der Waals surface area (Å²) < 4.78 is 0. The van der Waals surface area contributed by atoms with Gasteiger partial charge in [0.2, 0.25) is 0 Å². The minimum absolute atomic E-state index is 0.567. The zero-order valence-corrected chi connectivity index (χ0v) is 10.2. The number of nitrogens with one attached hydrogen (secondary N) is 1.